The molecule has 1 saturated carbocycles. The number of nitrogens with zero attached hydrogens (tertiary/aromatic N) is 3. The van der Waals surface area contributed by atoms with E-state index in [0.717, 1.165) is 40.9 Å². The lowest BCUT2D eigenvalue weighted by molar-refractivity contribution is -0.115. The molecule has 0 unspecified atom stereocenters. The molecule has 0 aliphatic heterocycles. The van der Waals surface area contributed by atoms with Crippen molar-refractivity contribution in [3.05, 3.63) is 47.2 Å². The zero-order valence-corrected chi connectivity index (χ0v) is 18.1. The Balaban J connectivity index is 1.42. The highest BCUT2D eigenvalue weighted by Gasteiger charge is 2.21. The number of nitrogens with one attached hydrogen (secondary N) is 1. The zero-order valence-electron chi connectivity index (χ0n) is 18.1. The Labute approximate surface area is 182 Å². The molecule has 0 spiro atoms. The van der Waals surface area contributed by atoms with Gasteiger partial charge in [-0.3, -0.25) is 10.1 Å². The van der Waals surface area contributed by atoms with Crippen LogP contribution in [0.1, 0.15) is 68.3 Å². The van der Waals surface area contributed by atoms with E-state index in [9.17, 15) is 4.79 Å². The van der Waals surface area contributed by atoms with Crippen LogP contribution in [0.3, 0.4) is 0 Å². The van der Waals surface area contributed by atoms with Crippen molar-refractivity contribution in [3.63, 3.8) is 0 Å². The van der Waals surface area contributed by atoms with E-state index in [4.69, 9.17) is 16.0 Å². The van der Waals surface area contributed by atoms with E-state index >= 15 is 0 Å². The predicted molar refractivity (Wildman–Crippen MR) is 120 cm³/mol. The van der Waals surface area contributed by atoms with Crippen molar-refractivity contribution in [2.45, 2.75) is 64.5 Å². The summed E-state index contributed by atoms with van der Waals surface area (Å²) in [6.07, 6.45) is 4.98. The summed E-state index contributed by atoms with van der Waals surface area (Å²) < 4.78 is 7.09. The second-order valence-electron chi connectivity index (χ2n) is 8.47. The summed E-state index contributed by atoms with van der Waals surface area (Å²) in [4.78, 5) is 12.4. The summed E-state index contributed by atoms with van der Waals surface area (Å²) >= 11 is 0. The summed E-state index contributed by atoms with van der Waals surface area (Å²) in [6.45, 7) is 4.37. The molecule has 1 fully saturated rings. The summed E-state index contributed by atoms with van der Waals surface area (Å²) in [6, 6.07) is 9.73. The van der Waals surface area contributed by atoms with E-state index in [-0.39, 0.29) is 18.4 Å². The highest BCUT2D eigenvalue weighted by Crippen LogP contribution is 2.34. The number of hydrogen-bond acceptors (Lipinski definition) is 6. The van der Waals surface area contributed by atoms with Crippen LogP contribution in [0.2, 0.25) is 0 Å². The number of hydrogen-bond donors (Lipinski definition) is 3. The van der Waals surface area contributed by atoms with Crippen LogP contribution >= 0.6 is 0 Å². The van der Waals surface area contributed by atoms with Crippen molar-refractivity contribution in [2.24, 2.45) is 5.73 Å². The molecule has 0 atom stereocenters. The number of nitrogen functional groups attached to an aromatic ring is 1. The standard InChI is InChI=1S/C23H30N6O2/c1-14(2)29-23(25)18(13-24)22(27-29)17-9-7-15(8-10-17)11-20(30)26-21-12-19(28-31-21)16-5-3-4-6-16/h7-10,12,14,16H,3-6,11,13,24-25H2,1-2H3,(H,26,30). The smallest absolute Gasteiger partial charge is 0.231 e. The van der Waals surface area contributed by atoms with Crippen LogP contribution in [0.4, 0.5) is 11.7 Å². The molecule has 8 nitrogen and oxygen atoms in total. The van der Waals surface area contributed by atoms with Gasteiger partial charge in [-0.05, 0) is 32.3 Å². The van der Waals surface area contributed by atoms with Crippen molar-refractivity contribution in [1.29, 1.82) is 0 Å². The molecule has 3 aromatic rings. The summed E-state index contributed by atoms with van der Waals surface area (Å²) in [5.41, 5.74) is 16.5. The minimum absolute atomic E-state index is 0.141. The van der Waals surface area contributed by atoms with Gasteiger partial charge >= 0.3 is 0 Å². The first-order valence-electron chi connectivity index (χ1n) is 10.9. The van der Waals surface area contributed by atoms with Gasteiger partial charge in [0.25, 0.3) is 0 Å². The average molecular weight is 423 g/mol. The first-order valence-corrected chi connectivity index (χ1v) is 10.9. The Bertz CT molecular complexity index is 1040. The van der Waals surface area contributed by atoms with E-state index in [1.807, 2.05) is 44.2 Å². The molecule has 164 valence electrons. The van der Waals surface area contributed by atoms with Crippen molar-refractivity contribution in [2.75, 3.05) is 11.1 Å². The lowest BCUT2D eigenvalue weighted by atomic mass is 10.0. The minimum Gasteiger partial charge on any atom is -0.384 e. The molecule has 1 amide bonds. The molecule has 31 heavy (non-hydrogen) atoms. The first kappa shape index (κ1) is 21.1. The van der Waals surface area contributed by atoms with Gasteiger partial charge in [-0.15, -0.1) is 0 Å². The molecule has 2 heterocycles. The Kier molecular flexibility index (Phi) is 6.08. The summed E-state index contributed by atoms with van der Waals surface area (Å²) in [5.74, 6) is 1.32. The van der Waals surface area contributed by atoms with Gasteiger partial charge in [-0.1, -0.05) is 42.3 Å². The zero-order chi connectivity index (χ0) is 22.0. The molecule has 5 N–H and O–H groups in total. The van der Waals surface area contributed by atoms with Crippen molar-refractivity contribution >= 4 is 17.6 Å². The largest absolute Gasteiger partial charge is 0.384 e. The Morgan fingerprint density at radius 3 is 2.61 bits per heavy atom. The predicted octanol–water partition coefficient (Wildman–Crippen LogP) is 4.00. The second kappa shape index (κ2) is 8.93. The topological polar surface area (TPSA) is 125 Å². The molecule has 4 rings (SSSR count). The number of carbonyl (C=O) groups excluding carboxylic acids is 1. The second-order valence-corrected chi connectivity index (χ2v) is 8.47. The maximum Gasteiger partial charge on any atom is 0.231 e. The molecule has 0 bridgehead atoms. The van der Waals surface area contributed by atoms with Crippen molar-refractivity contribution in [3.8, 4) is 11.3 Å². The quantitative estimate of drug-likeness (QED) is 0.528. The van der Waals surface area contributed by atoms with Gasteiger partial charge in [-0.25, -0.2) is 4.68 Å². The average Bonchev–Trinajstić information content (AvgIpc) is 3.48. The Morgan fingerprint density at radius 1 is 1.26 bits per heavy atom. The van der Waals surface area contributed by atoms with Gasteiger partial charge in [-0.2, -0.15) is 5.10 Å². The van der Waals surface area contributed by atoms with Crippen LogP contribution in [-0.4, -0.2) is 20.8 Å². The fraction of sp³-hybridized carbons (Fsp3) is 0.435. The van der Waals surface area contributed by atoms with E-state index in [0.29, 0.717) is 24.2 Å². The maximum atomic E-state index is 12.4. The first-order chi connectivity index (χ1) is 15.0. The van der Waals surface area contributed by atoms with Gasteiger partial charge in [0.15, 0.2) is 0 Å². The van der Waals surface area contributed by atoms with E-state index in [2.05, 4.69) is 15.6 Å². The van der Waals surface area contributed by atoms with E-state index < -0.39 is 0 Å². The van der Waals surface area contributed by atoms with E-state index in [1.165, 1.54) is 12.8 Å². The van der Waals surface area contributed by atoms with Gasteiger partial charge in [0, 0.05) is 35.7 Å². The van der Waals surface area contributed by atoms with Crippen LogP contribution < -0.4 is 16.8 Å². The Hall–Kier alpha value is -3.13. The number of aromatic nitrogens is 3. The van der Waals surface area contributed by atoms with Crippen LogP contribution in [-0.2, 0) is 17.8 Å². The van der Waals surface area contributed by atoms with E-state index in [1.54, 1.807) is 4.68 Å². The summed E-state index contributed by atoms with van der Waals surface area (Å²) in [7, 11) is 0. The molecule has 1 aromatic carbocycles. The van der Waals surface area contributed by atoms with Crippen LogP contribution in [0.15, 0.2) is 34.9 Å². The molecule has 8 heteroatoms. The number of carbonyl (C=O) groups is 1. The van der Waals surface area contributed by atoms with Gasteiger partial charge < -0.3 is 16.0 Å². The normalized spacial score (nSPS) is 14.5. The minimum atomic E-state index is -0.141. The third kappa shape index (κ3) is 4.49. The van der Waals surface area contributed by atoms with Crippen molar-refractivity contribution in [1.82, 2.24) is 14.9 Å². The van der Waals surface area contributed by atoms with Gasteiger partial charge in [0.2, 0.25) is 11.8 Å². The molecule has 2 aromatic heterocycles. The molecule has 1 aliphatic rings. The SMILES string of the molecule is CC(C)n1nc(-c2ccc(CC(=O)Nc3cc(C4CCCC4)no3)cc2)c(CN)c1N. The maximum absolute atomic E-state index is 12.4. The molecular weight excluding hydrogens is 392 g/mol. The van der Waals surface area contributed by atoms with Crippen molar-refractivity contribution < 1.29 is 9.32 Å². The fourth-order valence-electron chi connectivity index (χ4n) is 4.22. The monoisotopic (exact) mass is 422 g/mol. The molecule has 1 aliphatic carbocycles. The van der Waals surface area contributed by atoms with Gasteiger partial charge in [0.1, 0.15) is 5.82 Å². The number of rotatable bonds is 7. The third-order valence-corrected chi connectivity index (χ3v) is 5.90. The fourth-order valence-corrected chi connectivity index (χ4v) is 4.22. The highest BCUT2D eigenvalue weighted by molar-refractivity contribution is 5.91. The number of nitrogens with two attached hydrogens (primary N) is 2. The highest BCUT2D eigenvalue weighted by atomic mass is 16.5. The lowest BCUT2D eigenvalue weighted by Gasteiger charge is -2.07. The summed E-state index contributed by atoms with van der Waals surface area (Å²) in [5, 5.41) is 11.6. The molecule has 0 radical (unpaired) electrons. The van der Waals surface area contributed by atoms with Crippen LogP contribution in [0.5, 0.6) is 0 Å². The number of anilines is 2. The Morgan fingerprint density at radius 2 is 1.97 bits per heavy atom. The molecular formula is C23H30N6O2. The number of benzene rings is 1. The lowest BCUT2D eigenvalue weighted by Crippen LogP contribution is -2.13. The van der Waals surface area contributed by atoms with Gasteiger partial charge in [0.05, 0.1) is 17.8 Å². The van der Waals surface area contributed by atoms with Crippen LogP contribution in [0.25, 0.3) is 11.3 Å². The van der Waals surface area contributed by atoms with Crippen LogP contribution in [0, 0.1) is 0 Å². The third-order valence-electron chi connectivity index (χ3n) is 5.90. The molecule has 0 saturated heterocycles. The number of amides is 1.